The molecule has 44 heavy (non-hydrogen) atoms. The molecule has 8 heterocycles. The highest BCUT2D eigenvalue weighted by molar-refractivity contribution is 5.10. The van der Waals surface area contributed by atoms with Gasteiger partial charge in [0, 0.05) is 36.5 Å². The first-order valence-electron chi connectivity index (χ1n) is 17.4. The Bertz CT molecular complexity index is 1040. The molecule has 2 saturated carbocycles. The summed E-state index contributed by atoms with van der Waals surface area (Å²) in [5.41, 5.74) is -1.14. The Morgan fingerprint density at radius 2 is 1.00 bits per heavy atom. The molecule has 10 nitrogen and oxygen atoms in total. The van der Waals surface area contributed by atoms with Gasteiger partial charge >= 0.3 is 0 Å². The van der Waals surface area contributed by atoms with E-state index in [-0.39, 0.29) is 36.3 Å². The van der Waals surface area contributed by atoms with Crippen molar-refractivity contribution in [2.24, 2.45) is 47.3 Å². The van der Waals surface area contributed by atoms with Gasteiger partial charge in [-0.1, -0.05) is 39.8 Å². The summed E-state index contributed by atoms with van der Waals surface area (Å²) in [7, 11) is 0. The fraction of sp³-hybridized carbons (Fsp3) is 0.941. The lowest BCUT2D eigenvalue weighted by Gasteiger charge is -2.60. The monoisotopic (exact) mass is 620 g/mol. The largest absolute Gasteiger partial charge is 0.348 e. The minimum Gasteiger partial charge on any atom is -0.348 e. The van der Waals surface area contributed by atoms with Gasteiger partial charge in [0.15, 0.2) is 36.4 Å². The van der Waals surface area contributed by atoms with E-state index in [0.29, 0.717) is 36.9 Å². The first-order valence-corrected chi connectivity index (χ1v) is 17.4. The molecule has 0 aromatic heterocycles. The minimum atomic E-state index is -0.785. The Kier molecular flexibility index (Phi) is 7.62. The van der Waals surface area contributed by atoms with Gasteiger partial charge in [-0.05, 0) is 76.0 Å². The molecule has 8 aliphatic heterocycles. The molecule has 10 rings (SSSR count). The second-order valence-electron chi connectivity index (χ2n) is 15.7. The number of hydrogen-bond donors (Lipinski definition) is 0. The number of fused-ring (bicyclic) bond motifs is 4. The van der Waals surface area contributed by atoms with Crippen molar-refractivity contribution < 1.29 is 48.0 Å². The Hall–Kier alpha value is -0.660. The third-order valence-electron chi connectivity index (χ3n) is 13.1. The topological polar surface area (TPSA) is 92.3 Å². The molecule has 0 radical (unpaired) electrons. The standard InChI is InChI=1S/C34H52O10/c1-19-9-11-25-21(3)27(37-29-33(25)23(19)13-15-31(5,39-29)41-43-33)35-17-7-8-18-36-28-22(4)26-12-10-20(2)24-14-16-32(6)40-30(38-28)34(24,26)44-42-32/h7-8,19-30H,9-18H2,1-6H3/b8-7+/t19-,20-,21-,22-,23+,24+,25+,26+,27?,28?,29-,30-,31-,32-,33-,34-/m1/s1. The molecule has 2 unspecified atom stereocenters. The average Bonchev–Trinajstić information content (AvgIpc) is 3.37. The van der Waals surface area contributed by atoms with Crippen molar-refractivity contribution in [3.63, 3.8) is 0 Å². The van der Waals surface area contributed by atoms with Crippen LogP contribution in [-0.2, 0) is 48.0 Å². The van der Waals surface area contributed by atoms with Crippen LogP contribution in [0, 0.1) is 47.3 Å². The smallest absolute Gasteiger partial charge is 0.201 e. The van der Waals surface area contributed by atoms with Gasteiger partial charge in [-0.15, -0.1) is 0 Å². The van der Waals surface area contributed by atoms with Crippen LogP contribution in [0.25, 0.3) is 0 Å². The van der Waals surface area contributed by atoms with Crippen molar-refractivity contribution >= 4 is 0 Å². The van der Waals surface area contributed by atoms with Gasteiger partial charge in [0.25, 0.3) is 0 Å². The molecule has 0 aromatic carbocycles. The van der Waals surface area contributed by atoms with Crippen molar-refractivity contribution in [2.75, 3.05) is 13.2 Å². The maximum Gasteiger partial charge on any atom is 0.201 e. The van der Waals surface area contributed by atoms with Gasteiger partial charge in [-0.3, -0.25) is 0 Å². The van der Waals surface area contributed by atoms with E-state index in [9.17, 15) is 0 Å². The molecule has 10 fully saturated rings. The molecule has 2 spiro atoms. The summed E-state index contributed by atoms with van der Waals surface area (Å²) >= 11 is 0. The number of hydrogen-bond acceptors (Lipinski definition) is 10. The van der Waals surface area contributed by atoms with Crippen molar-refractivity contribution in [3.8, 4) is 0 Å². The SMILES string of the molecule is C[C@@H]1CC[C@H]2[C@@H](C)C(OC/C=C/COC3O[C@@H]4O[C@@]5(C)CC[C@H]6[C@H](C)CC[C@@H]([C@H]3C)[C@@]46OO5)O[C@@H]3O[C@@]4(C)CC[C@@H]1[C@]32OO4. The molecule has 0 amide bonds. The molecule has 4 bridgehead atoms. The minimum absolute atomic E-state index is 0.148. The van der Waals surface area contributed by atoms with E-state index in [2.05, 4.69) is 27.7 Å². The number of rotatable bonds is 6. The van der Waals surface area contributed by atoms with Crippen LogP contribution in [0.4, 0.5) is 0 Å². The molecule has 8 saturated heterocycles. The van der Waals surface area contributed by atoms with Gasteiger partial charge in [0.1, 0.15) is 0 Å². The summed E-state index contributed by atoms with van der Waals surface area (Å²) in [5, 5.41) is 0. The molecular weight excluding hydrogens is 568 g/mol. The molecule has 248 valence electrons. The van der Waals surface area contributed by atoms with E-state index >= 15 is 0 Å². The van der Waals surface area contributed by atoms with Crippen molar-refractivity contribution in [3.05, 3.63) is 12.2 Å². The zero-order valence-corrected chi connectivity index (χ0v) is 27.2. The summed E-state index contributed by atoms with van der Waals surface area (Å²) in [6, 6.07) is 0. The van der Waals surface area contributed by atoms with Crippen molar-refractivity contribution in [1.29, 1.82) is 0 Å². The fourth-order valence-electron chi connectivity index (χ4n) is 10.6. The van der Waals surface area contributed by atoms with Crippen LogP contribution >= 0.6 is 0 Å². The predicted octanol–water partition coefficient (Wildman–Crippen LogP) is 5.99. The molecule has 0 N–H and O–H groups in total. The summed E-state index contributed by atoms with van der Waals surface area (Å²) in [4.78, 5) is 24.4. The first-order chi connectivity index (χ1) is 21.1. The fourth-order valence-corrected chi connectivity index (χ4v) is 10.6. The van der Waals surface area contributed by atoms with Crippen LogP contribution in [0.2, 0.25) is 0 Å². The normalized spacial score (nSPS) is 57.9. The van der Waals surface area contributed by atoms with E-state index in [1.54, 1.807) is 0 Å². The molecule has 16 atom stereocenters. The van der Waals surface area contributed by atoms with Crippen LogP contribution in [0.3, 0.4) is 0 Å². The van der Waals surface area contributed by atoms with E-state index in [1.165, 1.54) is 12.8 Å². The van der Waals surface area contributed by atoms with Crippen molar-refractivity contribution in [1.82, 2.24) is 0 Å². The van der Waals surface area contributed by atoms with E-state index in [0.717, 1.165) is 38.5 Å². The Morgan fingerprint density at radius 3 is 1.43 bits per heavy atom. The lowest BCUT2D eigenvalue weighted by atomic mass is 9.58. The van der Waals surface area contributed by atoms with Crippen LogP contribution in [0.15, 0.2) is 12.2 Å². The summed E-state index contributed by atoms with van der Waals surface area (Å²) < 4.78 is 38.6. The van der Waals surface area contributed by atoms with E-state index in [1.807, 2.05) is 26.0 Å². The molecule has 10 aliphatic rings. The van der Waals surface area contributed by atoms with Crippen LogP contribution < -0.4 is 0 Å². The predicted molar refractivity (Wildman–Crippen MR) is 155 cm³/mol. The summed E-state index contributed by atoms with van der Waals surface area (Å²) in [6.07, 6.45) is 10.3. The Balaban J connectivity index is 0.888. The third-order valence-corrected chi connectivity index (χ3v) is 13.1. The van der Waals surface area contributed by atoms with E-state index < -0.39 is 35.4 Å². The van der Waals surface area contributed by atoms with Gasteiger partial charge in [0.2, 0.25) is 11.6 Å². The second kappa shape index (κ2) is 10.9. The van der Waals surface area contributed by atoms with Gasteiger partial charge in [-0.25, -0.2) is 19.6 Å². The van der Waals surface area contributed by atoms with Crippen LogP contribution in [-0.4, -0.2) is 61.2 Å². The highest BCUT2D eigenvalue weighted by Gasteiger charge is 2.71. The van der Waals surface area contributed by atoms with Gasteiger partial charge in [-0.2, -0.15) is 0 Å². The lowest BCUT2D eigenvalue weighted by molar-refractivity contribution is -0.577. The van der Waals surface area contributed by atoms with Gasteiger partial charge in [0.05, 0.1) is 13.2 Å². The van der Waals surface area contributed by atoms with Crippen molar-refractivity contribution in [2.45, 2.75) is 141 Å². The highest BCUT2D eigenvalue weighted by Crippen LogP contribution is 2.62. The Morgan fingerprint density at radius 1 is 0.568 bits per heavy atom. The Labute approximate surface area is 261 Å². The average molecular weight is 621 g/mol. The first kappa shape index (κ1) is 30.7. The zero-order chi connectivity index (χ0) is 30.5. The lowest BCUT2D eigenvalue weighted by Crippen LogP contribution is -2.70. The molecular formula is C34H52O10. The zero-order valence-electron chi connectivity index (χ0n) is 27.2. The highest BCUT2D eigenvalue weighted by atomic mass is 17.3. The van der Waals surface area contributed by atoms with Crippen LogP contribution in [0.1, 0.15) is 92.9 Å². The number of ether oxygens (including phenoxy) is 6. The summed E-state index contributed by atoms with van der Waals surface area (Å²) in [5.74, 6) is 0.985. The quantitative estimate of drug-likeness (QED) is 0.260. The maximum absolute atomic E-state index is 6.54. The second-order valence-corrected chi connectivity index (χ2v) is 15.7. The molecule has 2 aliphatic carbocycles. The van der Waals surface area contributed by atoms with E-state index in [4.69, 9.17) is 48.0 Å². The van der Waals surface area contributed by atoms with Crippen LogP contribution in [0.5, 0.6) is 0 Å². The third kappa shape index (κ3) is 4.49. The van der Waals surface area contributed by atoms with Gasteiger partial charge < -0.3 is 28.4 Å². The summed E-state index contributed by atoms with van der Waals surface area (Å²) in [6.45, 7) is 13.8. The maximum atomic E-state index is 6.54. The molecule has 10 heteroatoms. The molecule has 0 aromatic rings.